The van der Waals surface area contributed by atoms with Crippen LogP contribution in [0.5, 0.6) is 0 Å². The molecule has 12 heteroatoms. The molecule has 3 aliphatic rings. The zero-order chi connectivity index (χ0) is 25.3. The molecule has 0 unspecified atom stereocenters. The molecule has 35 heavy (non-hydrogen) atoms. The van der Waals surface area contributed by atoms with Crippen LogP contribution in [0, 0.1) is 0 Å². The second-order valence-corrected chi connectivity index (χ2v) is 9.24. The normalized spacial score (nSPS) is 39.9. The molecule has 2 fully saturated rings. The van der Waals surface area contributed by atoms with E-state index in [1.54, 1.807) is 19.1 Å². The predicted octanol–water partition coefficient (Wildman–Crippen LogP) is -1.65. The summed E-state index contributed by atoms with van der Waals surface area (Å²) in [6.45, 7) is 0.285. The van der Waals surface area contributed by atoms with Crippen LogP contribution in [0.2, 0.25) is 0 Å². The molecule has 196 valence electrons. The number of carbonyl (C=O) groups excluding carboxylic acids is 1. The van der Waals surface area contributed by atoms with Crippen LogP contribution in [-0.4, -0.2) is 111 Å². The highest BCUT2D eigenvalue weighted by molar-refractivity contribution is 5.93. The van der Waals surface area contributed by atoms with Crippen molar-refractivity contribution >= 4 is 5.97 Å². The zero-order valence-corrected chi connectivity index (χ0v) is 19.2. The van der Waals surface area contributed by atoms with Crippen LogP contribution >= 0.6 is 0 Å². The Bertz CT molecular complexity index is 882. The van der Waals surface area contributed by atoms with Crippen LogP contribution in [0.1, 0.15) is 41.8 Å². The van der Waals surface area contributed by atoms with Gasteiger partial charge in [-0.15, -0.1) is 0 Å². The molecule has 3 aliphatic heterocycles. The molecule has 10 atom stereocenters. The van der Waals surface area contributed by atoms with Gasteiger partial charge in [0, 0.05) is 5.56 Å². The van der Waals surface area contributed by atoms with Crippen molar-refractivity contribution in [3.05, 3.63) is 35.4 Å². The molecule has 0 radical (unpaired) electrons. The number of benzene rings is 1. The van der Waals surface area contributed by atoms with Gasteiger partial charge in [-0.05, 0) is 25.8 Å². The van der Waals surface area contributed by atoms with Gasteiger partial charge in [0.2, 0.25) is 0 Å². The molecular formula is C23H32O12. The smallest absolute Gasteiger partial charge is 0.339 e. The Morgan fingerprint density at radius 2 is 1.86 bits per heavy atom. The minimum absolute atomic E-state index is 0.352. The van der Waals surface area contributed by atoms with Gasteiger partial charge in [0.25, 0.3) is 0 Å². The molecule has 0 aromatic heterocycles. The molecule has 0 aliphatic carbocycles. The predicted molar refractivity (Wildman–Crippen MR) is 115 cm³/mol. The van der Waals surface area contributed by atoms with E-state index in [9.17, 15) is 35.4 Å². The van der Waals surface area contributed by atoms with Crippen molar-refractivity contribution in [3.63, 3.8) is 0 Å². The minimum atomic E-state index is -1.87. The van der Waals surface area contributed by atoms with E-state index in [4.69, 9.17) is 23.7 Å². The molecule has 0 spiro atoms. The van der Waals surface area contributed by atoms with Crippen LogP contribution in [-0.2, 0) is 23.7 Å². The van der Waals surface area contributed by atoms with E-state index in [0.29, 0.717) is 18.4 Å². The molecule has 0 saturated carbocycles. The van der Waals surface area contributed by atoms with Crippen LogP contribution < -0.4 is 0 Å². The summed E-state index contributed by atoms with van der Waals surface area (Å²) in [5.74, 6) is -0.376. The quantitative estimate of drug-likeness (QED) is 0.213. The van der Waals surface area contributed by atoms with Crippen LogP contribution in [0.15, 0.2) is 24.3 Å². The van der Waals surface area contributed by atoms with E-state index in [0.717, 1.165) is 5.56 Å². The Hall–Kier alpha value is -1.71. The highest BCUT2D eigenvalue weighted by Gasteiger charge is 2.50. The summed E-state index contributed by atoms with van der Waals surface area (Å²) >= 11 is 0. The third kappa shape index (κ3) is 5.37. The van der Waals surface area contributed by atoms with Crippen molar-refractivity contribution in [2.45, 2.75) is 80.7 Å². The van der Waals surface area contributed by atoms with Crippen LogP contribution in [0.25, 0.3) is 0 Å². The Morgan fingerprint density at radius 3 is 2.57 bits per heavy atom. The molecule has 0 bridgehead atoms. The average Bonchev–Trinajstić information content (AvgIpc) is 3.33. The fourth-order valence-electron chi connectivity index (χ4n) is 4.41. The van der Waals surface area contributed by atoms with Crippen molar-refractivity contribution in [1.82, 2.24) is 0 Å². The fraction of sp³-hybridized carbons (Fsp3) is 0.696. The standard InChI is InChI=1S/C23H32O12/c1-11(6-7-14-12-4-2-3-5-13(12)20(29)34-14)33-21-18(27)17(26)16(25)15(35-21)8-31-22-19(28)23(30,9-24)10-32-22/h2-5,11,14-19,21-22,24-28,30H,6-10H2,1H3/t11-,14-,15+,16+,17-,18+,19-,21+,22+,23+/m0/s1. The number of hydrogen-bond donors (Lipinski definition) is 6. The van der Waals surface area contributed by atoms with Gasteiger partial charge in [0.15, 0.2) is 12.6 Å². The Balaban J connectivity index is 1.30. The number of cyclic esters (lactones) is 1. The lowest BCUT2D eigenvalue weighted by Crippen LogP contribution is -2.60. The number of rotatable bonds is 9. The molecule has 3 heterocycles. The average molecular weight is 500 g/mol. The number of ether oxygens (including phenoxy) is 5. The summed E-state index contributed by atoms with van der Waals surface area (Å²) in [5.41, 5.74) is -0.536. The summed E-state index contributed by atoms with van der Waals surface area (Å²) < 4.78 is 27.4. The third-order valence-electron chi connectivity index (χ3n) is 6.65. The number of aliphatic hydroxyl groups is 6. The summed E-state index contributed by atoms with van der Waals surface area (Å²) in [7, 11) is 0. The van der Waals surface area contributed by atoms with E-state index >= 15 is 0 Å². The molecule has 4 rings (SSSR count). The molecule has 1 aromatic carbocycles. The summed E-state index contributed by atoms with van der Waals surface area (Å²) in [6, 6.07) is 7.13. The van der Waals surface area contributed by atoms with Gasteiger partial charge in [0.05, 0.1) is 31.5 Å². The highest BCUT2D eigenvalue weighted by Crippen LogP contribution is 2.34. The molecule has 2 saturated heterocycles. The van der Waals surface area contributed by atoms with Gasteiger partial charge < -0.3 is 54.3 Å². The van der Waals surface area contributed by atoms with E-state index in [-0.39, 0.29) is 19.2 Å². The van der Waals surface area contributed by atoms with Crippen molar-refractivity contribution in [2.75, 3.05) is 19.8 Å². The van der Waals surface area contributed by atoms with E-state index in [1.165, 1.54) is 0 Å². The topological polar surface area (TPSA) is 185 Å². The largest absolute Gasteiger partial charge is 0.454 e. The first-order valence-electron chi connectivity index (χ1n) is 11.5. The first-order valence-corrected chi connectivity index (χ1v) is 11.5. The number of fused-ring (bicyclic) bond motifs is 1. The van der Waals surface area contributed by atoms with Gasteiger partial charge in [-0.1, -0.05) is 18.2 Å². The van der Waals surface area contributed by atoms with E-state index in [1.807, 2.05) is 12.1 Å². The lowest BCUT2D eigenvalue weighted by atomic mass is 9.98. The lowest BCUT2D eigenvalue weighted by Gasteiger charge is -2.41. The summed E-state index contributed by atoms with van der Waals surface area (Å²) in [6.07, 6.45) is -9.89. The van der Waals surface area contributed by atoms with Crippen molar-refractivity contribution in [3.8, 4) is 0 Å². The first-order chi connectivity index (χ1) is 16.6. The van der Waals surface area contributed by atoms with E-state index < -0.39 is 67.5 Å². The van der Waals surface area contributed by atoms with Gasteiger partial charge in [-0.25, -0.2) is 4.79 Å². The Morgan fingerprint density at radius 1 is 1.11 bits per heavy atom. The molecule has 12 nitrogen and oxygen atoms in total. The number of esters is 1. The van der Waals surface area contributed by atoms with Crippen LogP contribution in [0.3, 0.4) is 0 Å². The van der Waals surface area contributed by atoms with Crippen LogP contribution in [0.4, 0.5) is 0 Å². The number of hydrogen-bond acceptors (Lipinski definition) is 12. The lowest BCUT2D eigenvalue weighted by molar-refractivity contribution is -0.318. The SMILES string of the molecule is C[C@@H](CC[C@@H]1OC(=O)c2ccccc21)O[C@@H]1O[C@H](CO[C@@H]2OC[C@](O)(CO)[C@H]2O)[C@@H](O)[C@H](O)[C@H]1O. The maximum atomic E-state index is 12.0. The van der Waals surface area contributed by atoms with Gasteiger partial charge in [-0.2, -0.15) is 0 Å². The van der Waals surface area contributed by atoms with E-state index in [2.05, 4.69) is 0 Å². The molecule has 0 amide bonds. The number of aliphatic hydroxyl groups excluding tert-OH is 5. The van der Waals surface area contributed by atoms with Gasteiger partial charge in [0.1, 0.15) is 42.2 Å². The molecular weight excluding hydrogens is 468 g/mol. The second kappa shape index (κ2) is 10.7. The third-order valence-corrected chi connectivity index (χ3v) is 6.65. The maximum absolute atomic E-state index is 12.0. The molecule has 6 N–H and O–H groups in total. The second-order valence-electron chi connectivity index (χ2n) is 9.24. The number of carbonyl (C=O) groups is 1. The zero-order valence-electron chi connectivity index (χ0n) is 19.2. The van der Waals surface area contributed by atoms with Crippen molar-refractivity contribution in [1.29, 1.82) is 0 Å². The minimum Gasteiger partial charge on any atom is -0.454 e. The van der Waals surface area contributed by atoms with Gasteiger partial charge >= 0.3 is 5.97 Å². The highest BCUT2D eigenvalue weighted by atomic mass is 16.7. The fourth-order valence-corrected chi connectivity index (χ4v) is 4.41. The summed E-state index contributed by atoms with van der Waals surface area (Å²) in [4.78, 5) is 12.0. The van der Waals surface area contributed by atoms with Gasteiger partial charge in [-0.3, -0.25) is 0 Å². The first kappa shape index (κ1) is 26.4. The monoisotopic (exact) mass is 500 g/mol. The Labute approximate surface area is 201 Å². The van der Waals surface area contributed by atoms with Crippen molar-refractivity contribution < 1.29 is 59.1 Å². The Kier molecular flexibility index (Phi) is 8.08. The summed E-state index contributed by atoms with van der Waals surface area (Å²) in [5, 5.41) is 60.3. The molecule has 1 aromatic rings. The van der Waals surface area contributed by atoms with Crippen molar-refractivity contribution in [2.24, 2.45) is 0 Å². The maximum Gasteiger partial charge on any atom is 0.339 e.